The summed E-state index contributed by atoms with van der Waals surface area (Å²) in [5, 5.41) is 3.57. The minimum atomic E-state index is -0.425. The van der Waals surface area contributed by atoms with Gasteiger partial charge in [0.1, 0.15) is 24.3 Å². The van der Waals surface area contributed by atoms with Crippen molar-refractivity contribution in [1.29, 1.82) is 0 Å². The van der Waals surface area contributed by atoms with Crippen LogP contribution in [0, 0.1) is 6.92 Å². The third kappa shape index (κ3) is 4.20. The highest BCUT2D eigenvalue weighted by Crippen LogP contribution is 2.39. The summed E-state index contributed by atoms with van der Waals surface area (Å²) in [6.07, 6.45) is -0.425. The van der Waals surface area contributed by atoms with E-state index in [2.05, 4.69) is 5.32 Å². The standard InChI is InChI=1S/C29H26N2O3/c1-20-9-7-11-22(17-20)31-28(30-26-15-5-3-13-24(26)29(31)32)25-14-4-6-16-27(25)34-19-21-10-8-12-23(18-21)33-2/h3-18,28,30H,19H2,1-2H3/t28-/m0/s1. The number of benzene rings is 4. The average Bonchev–Trinajstić information content (AvgIpc) is 2.87. The Kier molecular flexibility index (Phi) is 5.91. The van der Waals surface area contributed by atoms with Crippen molar-refractivity contribution in [2.75, 3.05) is 17.3 Å². The van der Waals surface area contributed by atoms with Crippen LogP contribution in [-0.4, -0.2) is 13.0 Å². The van der Waals surface area contributed by atoms with E-state index in [4.69, 9.17) is 9.47 Å². The van der Waals surface area contributed by atoms with Crippen LogP contribution in [-0.2, 0) is 6.61 Å². The van der Waals surface area contributed by atoms with Crippen LogP contribution in [0.5, 0.6) is 11.5 Å². The van der Waals surface area contributed by atoms with Gasteiger partial charge in [-0.15, -0.1) is 0 Å². The normalized spacial score (nSPS) is 14.8. The Morgan fingerprint density at radius 3 is 2.53 bits per heavy atom. The molecule has 1 aliphatic rings. The van der Waals surface area contributed by atoms with Gasteiger partial charge in [0.05, 0.1) is 12.7 Å². The Balaban J connectivity index is 1.54. The van der Waals surface area contributed by atoms with E-state index < -0.39 is 6.17 Å². The maximum atomic E-state index is 13.7. The summed E-state index contributed by atoms with van der Waals surface area (Å²) in [6.45, 7) is 2.41. The van der Waals surface area contributed by atoms with Crippen molar-refractivity contribution in [1.82, 2.24) is 0 Å². The summed E-state index contributed by atoms with van der Waals surface area (Å²) in [7, 11) is 1.65. The highest BCUT2D eigenvalue weighted by Gasteiger charge is 2.35. The third-order valence-electron chi connectivity index (χ3n) is 5.95. The molecule has 0 saturated heterocycles. The van der Waals surface area contributed by atoms with E-state index in [0.29, 0.717) is 17.9 Å². The van der Waals surface area contributed by atoms with Gasteiger partial charge in [0.2, 0.25) is 0 Å². The van der Waals surface area contributed by atoms with Gasteiger partial charge in [0.25, 0.3) is 5.91 Å². The molecule has 0 aliphatic carbocycles. The number of amides is 1. The quantitative estimate of drug-likeness (QED) is 0.372. The van der Waals surface area contributed by atoms with Gasteiger partial charge in [-0.2, -0.15) is 0 Å². The Morgan fingerprint density at radius 2 is 1.68 bits per heavy atom. The minimum Gasteiger partial charge on any atom is -0.497 e. The monoisotopic (exact) mass is 450 g/mol. The molecule has 4 aromatic rings. The van der Waals surface area contributed by atoms with Gasteiger partial charge in [-0.3, -0.25) is 9.69 Å². The smallest absolute Gasteiger partial charge is 0.262 e. The maximum absolute atomic E-state index is 13.7. The van der Waals surface area contributed by atoms with Crippen LogP contribution >= 0.6 is 0 Å². The molecule has 4 aromatic carbocycles. The van der Waals surface area contributed by atoms with Gasteiger partial charge in [0, 0.05) is 16.9 Å². The van der Waals surface area contributed by atoms with Gasteiger partial charge in [0.15, 0.2) is 0 Å². The number of aryl methyl sites for hydroxylation is 1. The number of methoxy groups -OCH3 is 1. The molecule has 0 bridgehead atoms. The molecular formula is C29H26N2O3. The molecule has 0 saturated carbocycles. The predicted molar refractivity (Wildman–Crippen MR) is 135 cm³/mol. The number of rotatable bonds is 6. The summed E-state index contributed by atoms with van der Waals surface area (Å²) in [5.41, 5.74) is 5.27. The average molecular weight is 451 g/mol. The first kappa shape index (κ1) is 21.6. The lowest BCUT2D eigenvalue weighted by Gasteiger charge is -2.38. The Morgan fingerprint density at radius 1 is 0.882 bits per heavy atom. The van der Waals surface area contributed by atoms with Gasteiger partial charge in [-0.05, 0) is 60.5 Å². The van der Waals surface area contributed by atoms with E-state index in [1.807, 2.05) is 109 Å². The van der Waals surface area contributed by atoms with Crippen molar-refractivity contribution >= 4 is 17.3 Å². The number of carbonyl (C=O) groups excluding carboxylic acids is 1. The number of para-hydroxylation sites is 2. The summed E-state index contributed by atoms with van der Waals surface area (Å²) in [6, 6.07) is 31.3. The van der Waals surface area contributed by atoms with Crippen molar-refractivity contribution in [3.05, 3.63) is 119 Å². The van der Waals surface area contributed by atoms with E-state index in [1.165, 1.54) is 0 Å². The first-order chi connectivity index (χ1) is 16.6. The van der Waals surface area contributed by atoms with E-state index in [0.717, 1.165) is 33.8 Å². The fourth-order valence-corrected chi connectivity index (χ4v) is 4.28. The third-order valence-corrected chi connectivity index (χ3v) is 5.95. The Bertz CT molecular complexity index is 1330. The lowest BCUT2D eigenvalue weighted by Crippen LogP contribution is -2.43. The van der Waals surface area contributed by atoms with Gasteiger partial charge in [-0.1, -0.05) is 54.6 Å². The summed E-state index contributed by atoms with van der Waals surface area (Å²) >= 11 is 0. The number of carbonyl (C=O) groups is 1. The molecule has 0 unspecified atom stereocenters. The Labute approximate surface area is 199 Å². The zero-order valence-corrected chi connectivity index (χ0v) is 19.2. The fraction of sp³-hybridized carbons (Fsp3) is 0.138. The summed E-state index contributed by atoms with van der Waals surface area (Å²) in [4.78, 5) is 15.5. The molecule has 1 atom stereocenters. The first-order valence-electron chi connectivity index (χ1n) is 11.2. The van der Waals surface area contributed by atoms with Crippen LogP contribution in [0.25, 0.3) is 0 Å². The fourth-order valence-electron chi connectivity index (χ4n) is 4.28. The van der Waals surface area contributed by atoms with Crippen molar-refractivity contribution in [2.24, 2.45) is 0 Å². The molecule has 0 aromatic heterocycles. The minimum absolute atomic E-state index is 0.0486. The number of nitrogens with zero attached hydrogens (tertiary/aromatic N) is 1. The second-order valence-corrected chi connectivity index (χ2v) is 8.28. The van der Waals surface area contributed by atoms with Crippen LogP contribution in [0.4, 0.5) is 11.4 Å². The molecule has 1 amide bonds. The Hall–Kier alpha value is -4.25. The van der Waals surface area contributed by atoms with Gasteiger partial charge < -0.3 is 14.8 Å². The molecule has 170 valence electrons. The molecule has 5 rings (SSSR count). The predicted octanol–water partition coefficient (Wildman–Crippen LogP) is 6.35. The SMILES string of the molecule is COc1cccc(COc2ccccc2[C@H]2Nc3ccccc3C(=O)N2c2cccc(C)c2)c1. The van der Waals surface area contributed by atoms with E-state index in [-0.39, 0.29) is 5.91 Å². The number of ether oxygens (including phenoxy) is 2. The molecule has 0 fully saturated rings. The van der Waals surface area contributed by atoms with Crippen molar-refractivity contribution < 1.29 is 14.3 Å². The first-order valence-corrected chi connectivity index (χ1v) is 11.2. The molecule has 1 N–H and O–H groups in total. The van der Waals surface area contributed by atoms with E-state index >= 15 is 0 Å². The molecule has 34 heavy (non-hydrogen) atoms. The second kappa shape index (κ2) is 9.32. The van der Waals surface area contributed by atoms with Crippen LogP contribution in [0.3, 0.4) is 0 Å². The summed E-state index contributed by atoms with van der Waals surface area (Å²) in [5.74, 6) is 1.45. The number of hydrogen-bond donors (Lipinski definition) is 1. The largest absolute Gasteiger partial charge is 0.497 e. The zero-order valence-electron chi connectivity index (χ0n) is 19.2. The van der Waals surface area contributed by atoms with Crippen LogP contribution in [0.15, 0.2) is 97.1 Å². The van der Waals surface area contributed by atoms with E-state index in [9.17, 15) is 4.79 Å². The van der Waals surface area contributed by atoms with Gasteiger partial charge >= 0.3 is 0 Å². The number of hydrogen-bond acceptors (Lipinski definition) is 4. The molecule has 0 radical (unpaired) electrons. The molecule has 5 nitrogen and oxygen atoms in total. The van der Waals surface area contributed by atoms with Crippen LogP contribution < -0.4 is 19.7 Å². The molecule has 0 spiro atoms. The lowest BCUT2D eigenvalue weighted by molar-refractivity contribution is 0.0974. The number of fused-ring (bicyclic) bond motifs is 1. The molecule has 1 heterocycles. The van der Waals surface area contributed by atoms with Crippen molar-refractivity contribution in [2.45, 2.75) is 19.7 Å². The zero-order chi connectivity index (χ0) is 23.5. The summed E-state index contributed by atoms with van der Waals surface area (Å²) < 4.78 is 11.6. The lowest BCUT2D eigenvalue weighted by atomic mass is 10.0. The van der Waals surface area contributed by atoms with Crippen molar-refractivity contribution in [3.63, 3.8) is 0 Å². The second-order valence-electron chi connectivity index (χ2n) is 8.28. The molecule has 5 heteroatoms. The molecular weight excluding hydrogens is 424 g/mol. The van der Waals surface area contributed by atoms with Gasteiger partial charge in [-0.25, -0.2) is 0 Å². The van der Waals surface area contributed by atoms with Crippen molar-refractivity contribution in [3.8, 4) is 11.5 Å². The highest BCUT2D eigenvalue weighted by molar-refractivity contribution is 6.12. The topological polar surface area (TPSA) is 50.8 Å². The molecule has 1 aliphatic heterocycles. The number of nitrogens with one attached hydrogen (secondary N) is 1. The van der Waals surface area contributed by atoms with Crippen LogP contribution in [0.2, 0.25) is 0 Å². The maximum Gasteiger partial charge on any atom is 0.262 e. The van der Waals surface area contributed by atoms with Crippen LogP contribution in [0.1, 0.15) is 33.2 Å². The number of anilines is 2. The highest BCUT2D eigenvalue weighted by atomic mass is 16.5. The van der Waals surface area contributed by atoms with E-state index in [1.54, 1.807) is 7.11 Å².